The van der Waals surface area contributed by atoms with Gasteiger partial charge in [-0.3, -0.25) is 9.69 Å². The van der Waals surface area contributed by atoms with Crippen LogP contribution in [0.1, 0.15) is 77.7 Å². The number of hydrogen-bond acceptors (Lipinski definition) is 4. The Labute approximate surface area is 233 Å². The minimum Gasteiger partial charge on any atom is -0.494 e. The Kier molecular flexibility index (Phi) is 11.9. The Morgan fingerprint density at radius 3 is 2.18 bits per heavy atom. The van der Waals surface area contributed by atoms with Crippen LogP contribution >= 0.6 is 11.6 Å². The van der Waals surface area contributed by atoms with Gasteiger partial charge in [-0.2, -0.15) is 0 Å². The van der Waals surface area contributed by atoms with Gasteiger partial charge in [0.25, 0.3) is 5.91 Å². The predicted octanol–water partition coefficient (Wildman–Crippen LogP) is 6.57. The van der Waals surface area contributed by atoms with Gasteiger partial charge < -0.3 is 20.3 Å². The van der Waals surface area contributed by atoms with Crippen LogP contribution in [0.25, 0.3) is 0 Å². The molecule has 1 aliphatic rings. The van der Waals surface area contributed by atoms with Crippen LogP contribution in [0, 0.1) is 0 Å². The SMILES string of the molecule is CCN(C(C)C)C(C)C.CCOc1ccc(C(=O)N2c3ccccc3CN(C(N)=O)C(C)[C@H]2CC)c(Cl)c1. The van der Waals surface area contributed by atoms with Crippen molar-refractivity contribution in [2.24, 2.45) is 5.73 Å². The number of nitrogens with two attached hydrogens (primary N) is 1. The number of urea groups is 1. The lowest BCUT2D eigenvalue weighted by molar-refractivity contribution is 0.0959. The minimum atomic E-state index is -0.501. The zero-order valence-corrected chi connectivity index (χ0v) is 25.0. The molecule has 2 aromatic carbocycles. The molecular formula is C30H45ClN4O3. The number of para-hydroxylation sites is 1. The van der Waals surface area contributed by atoms with Gasteiger partial charge >= 0.3 is 6.03 Å². The Hall–Kier alpha value is -2.77. The standard InChI is InChI=1S/C22H26ClN3O3.C8H19N/c1-4-19-14(3)25(22(24)28)13-15-8-6-7-9-20(15)26(19)21(27)17-11-10-16(29-5-2)12-18(17)23;1-6-9(7(2)3)8(4)5/h6-12,14,19H,4-5,13H2,1-3H3,(H2,24,28);7-8H,6H2,1-5H3/t14?,19-;/m1./s1. The molecule has 1 aliphatic heterocycles. The van der Waals surface area contributed by atoms with E-state index in [-0.39, 0.29) is 18.0 Å². The number of nitrogens with zero attached hydrogens (tertiary/aromatic N) is 3. The van der Waals surface area contributed by atoms with Gasteiger partial charge in [0.2, 0.25) is 0 Å². The van der Waals surface area contributed by atoms with Crippen molar-refractivity contribution in [3.8, 4) is 5.75 Å². The first kappa shape index (κ1) is 31.4. The van der Waals surface area contributed by atoms with Gasteiger partial charge in [-0.15, -0.1) is 0 Å². The molecule has 7 nitrogen and oxygen atoms in total. The molecule has 0 spiro atoms. The molecule has 210 valence electrons. The maximum absolute atomic E-state index is 13.7. The predicted molar refractivity (Wildman–Crippen MR) is 157 cm³/mol. The highest BCUT2D eigenvalue weighted by Gasteiger charge is 2.38. The van der Waals surface area contributed by atoms with E-state index in [1.807, 2.05) is 45.0 Å². The number of halogens is 1. The van der Waals surface area contributed by atoms with Gasteiger partial charge in [-0.05, 0) is 84.3 Å². The molecule has 0 fully saturated rings. The fourth-order valence-electron chi connectivity index (χ4n) is 5.25. The van der Waals surface area contributed by atoms with Crippen LogP contribution in [0.15, 0.2) is 42.5 Å². The molecule has 1 heterocycles. The molecule has 3 amide bonds. The first-order valence-corrected chi connectivity index (χ1v) is 14.0. The maximum Gasteiger partial charge on any atom is 0.315 e. The first-order chi connectivity index (χ1) is 18.0. The van der Waals surface area contributed by atoms with Crippen molar-refractivity contribution in [3.63, 3.8) is 0 Å². The van der Waals surface area contributed by atoms with E-state index in [0.29, 0.717) is 48.0 Å². The Balaban J connectivity index is 0.000000484. The normalized spacial score (nSPS) is 17.2. The van der Waals surface area contributed by atoms with E-state index in [4.69, 9.17) is 22.1 Å². The Morgan fingerprint density at radius 1 is 1.08 bits per heavy atom. The average Bonchev–Trinajstić information content (AvgIpc) is 2.98. The summed E-state index contributed by atoms with van der Waals surface area (Å²) >= 11 is 6.44. The molecule has 2 atom stereocenters. The van der Waals surface area contributed by atoms with Crippen LogP contribution in [0.2, 0.25) is 5.02 Å². The lowest BCUT2D eigenvalue weighted by Crippen LogP contribution is -2.53. The molecular weight excluding hydrogens is 500 g/mol. The summed E-state index contributed by atoms with van der Waals surface area (Å²) in [5, 5.41) is 0.331. The van der Waals surface area contributed by atoms with Crippen LogP contribution in [0.3, 0.4) is 0 Å². The lowest BCUT2D eigenvalue weighted by atomic mass is 10.0. The number of amides is 3. The summed E-state index contributed by atoms with van der Waals surface area (Å²) < 4.78 is 5.48. The van der Waals surface area contributed by atoms with Crippen molar-refractivity contribution < 1.29 is 14.3 Å². The van der Waals surface area contributed by atoms with Crippen LogP contribution in [-0.4, -0.2) is 59.1 Å². The molecule has 1 unspecified atom stereocenters. The zero-order chi connectivity index (χ0) is 28.6. The summed E-state index contributed by atoms with van der Waals surface area (Å²) in [5.74, 6) is 0.404. The monoisotopic (exact) mass is 544 g/mol. The number of rotatable bonds is 7. The van der Waals surface area contributed by atoms with Gasteiger partial charge in [-0.25, -0.2) is 4.79 Å². The van der Waals surface area contributed by atoms with Gasteiger partial charge in [0.15, 0.2) is 0 Å². The first-order valence-electron chi connectivity index (χ1n) is 13.6. The molecule has 0 saturated carbocycles. The number of ether oxygens (including phenoxy) is 1. The second kappa shape index (κ2) is 14.4. The summed E-state index contributed by atoms with van der Waals surface area (Å²) in [5.41, 5.74) is 7.68. The molecule has 8 heteroatoms. The summed E-state index contributed by atoms with van der Waals surface area (Å²) in [6.45, 7) is 19.0. The highest BCUT2D eigenvalue weighted by atomic mass is 35.5. The van der Waals surface area contributed by atoms with E-state index in [1.54, 1.807) is 28.0 Å². The molecule has 2 N–H and O–H groups in total. The number of fused-ring (bicyclic) bond motifs is 1. The summed E-state index contributed by atoms with van der Waals surface area (Å²) in [6, 6.07) is 13.0. The second-order valence-electron chi connectivity index (χ2n) is 10.1. The van der Waals surface area contributed by atoms with Crippen molar-refractivity contribution in [2.45, 2.75) is 92.5 Å². The van der Waals surface area contributed by atoms with Gasteiger partial charge in [0.1, 0.15) is 5.75 Å². The van der Waals surface area contributed by atoms with Crippen LogP contribution in [0.5, 0.6) is 5.75 Å². The van der Waals surface area contributed by atoms with Gasteiger partial charge in [0, 0.05) is 24.3 Å². The third kappa shape index (κ3) is 7.41. The zero-order valence-electron chi connectivity index (χ0n) is 24.2. The largest absolute Gasteiger partial charge is 0.494 e. The molecule has 2 aromatic rings. The van der Waals surface area contributed by atoms with E-state index in [1.165, 1.54) is 0 Å². The van der Waals surface area contributed by atoms with Crippen molar-refractivity contribution in [2.75, 3.05) is 18.1 Å². The van der Waals surface area contributed by atoms with Crippen molar-refractivity contribution in [1.29, 1.82) is 0 Å². The van der Waals surface area contributed by atoms with Crippen LogP contribution in [-0.2, 0) is 6.54 Å². The number of anilines is 1. The number of carbonyl (C=O) groups excluding carboxylic acids is 2. The van der Waals surface area contributed by atoms with E-state index in [9.17, 15) is 9.59 Å². The quantitative estimate of drug-likeness (QED) is 0.427. The topological polar surface area (TPSA) is 79.1 Å². The van der Waals surface area contributed by atoms with Crippen LogP contribution in [0.4, 0.5) is 10.5 Å². The number of benzene rings is 2. The fourth-order valence-corrected chi connectivity index (χ4v) is 5.50. The number of carbonyl (C=O) groups is 2. The molecule has 0 bridgehead atoms. The van der Waals surface area contributed by atoms with Gasteiger partial charge in [0.05, 0.1) is 29.3 Å². The third-order valence-corrected chi connectivity index (χ3v) is 7.38. The summed E-state index contributed by atoms with van der Waals surface area (Å²) in [6.07, 6.45) is 0.652. The molecule has 0 saturated heterocycles. The van der Waals surface area contributed by atoms with Crippen molar-refractivity contribution in [3.05, 3.63) is 58.6 Å². The summed E-state index contributed by atoms with van der Waals surface area (Å²) in [4.78, 5) is 31.6. The maximum atomic E-state index is 13.7. The Morgan fingerprint density at radius 2 is 1.71 bits per heavy atom. The van der Waals surface area contributed by atoms with Crippen molar-refractivity contribution in [1.82, 2.24) is 9.80 Å². The minimum absolute atomic E-state index is 0.212. The molecule has 0 aromatic heterocycles. The lowest BCUT2D eigenvalue weighted by Gasteiger charge is -2.36. The smallest absolute Gasteiger partial charge is 0.315 e. The molecule has 38 heavy (non-hydrogen) atoms. The summed E-state index contributed by atoms with van der Waals surface area (Å²) in [7, 11) is 0. The molecule has 0 radical (unpaired) electrons. The highest BCUT2D eigenvalue weighted by molar-refractivity contribution is 6.34. The second-order valence-corrected chi connectivity index (χ2v) is 10.5. The fraction of sp³-hybridized carbons (Fsp3) is 0.533. The number of primary amides is 1. The van der Waals surface area contributed by atoms with Crippen LogP contribution < -0.4 is 15.4 Å². The van der Waals surface area contributed by atoms with Crippen molar-refractivity contribution >= 4 is 29.2 Å². The highest BCUT2D eigenvalue weighted by Crippen LogP contribution is 2.35. The van der Waals surface area contributed by atoms with E-state index in [0.717, 1.165) is 17.8 Å². The molecule has 0 aliphatic carbocycles. The average molecular weight is 545 g/mol. The van der Waals surface area contributed by atoms with E-state index >= 15 is 0 Å². The molecule has 3 rings (SSSR count). The van der Waals surface area contributed by atoms with Gasteiger partial charge in [-0.1, -0.05) is 43.6 Å². The number of hydrogen-bond donors (Lipinski definition) is 1. The third-order valence-electron chi connectivity index (χ3n) is 7.07. The Bertz CT molecular complexity index is 1070. The van der Waals surface area contributed by atoms with E-state index < -0.39 is 6.03 Å². The van der Waals surface area contributed by atoms with E-state index in [2.05, 4.69) is 39.5 Å².